The maximum atomic E-state index is 4.35. The number of benzene rings is 1. The summed E-state index contributed by atoms with van der Waals surface area (Å²) in [6.45, 7) is 0. The highest BCUT2D eigenvalue weighted by atomic mass is 33.1. The predicted molar refractivity (Wildman–Crippen MR) is 62.0 cm³/mol. The molecule has 0 saturated heterocycles. The van der Waals surface area contributed by atoms with Gasteiger partial charge in [0.1, 0.15) is 0 Å². The Morgan fingerprint density at radius 3 is 3.00 bits per heavy atom. The van der Waals surface area contributed by atoms with Crippen LogP contribution in [-0.2, 0) is 5.75 Å². The third-order valence-electron chi connectivity index (χ3n) is 1.88. The molecule has 0 atom stereocenters. The van der Waals surface area contributed by atoms with Crippen LogP contribution in [-0.4, -0.2) is 4.98 Å². The number of para-hydroxylation sites is 1. The van der Waals surface area contributed by atoms with Crippen LogP contribution in [0.3, 0.4) is 0 Å². The summed E-state index contributed by atoms with van der Waals surface area (Å²) in [6.07, 6.45) is 1.91. The van der Waals surface area contributed by atoms with Gasteiger partial charge in [-0.2, -0.15) is 0 Å². The summed E-state index contributed by atoms with van der Waals surface area (Å²) in [5.41, 5.74) is 2.27. The lowest BCUT2D eigenvalue weighted by Crippen LogP contribution is -1.83. The molecular formula is C10H9NS2. The summed E-state index contributed by atoms with van der Waals surface area (Å²) >= 11 is 4.12. The Kier molecular flexibility index (Phi) is 2.76. The lowest BCUT2D eigenvalue weighted by Gasteiger charge is -1.99. The standard InChI is InChI=1S/C10H9NS2/c12-13-7-8-5-9-3-1-2-4-10(9)11-6-8/h1-6,12H,7H2. The average molecular weight is 207 g/mol. The molecule has 0 unspecified atom stereocenters. The Morgan fingerprint density at radius 1 is 1.31 bits per heavy atom. The highest BCUT2D eigenvalue weighted by molar-refractivity contribution is 8.68. The molecule has 0 aliphatic rings. The Morgan fingerprint density at radius 2 is 2.15 bits per heavy atom. The third-order valence-corrected chi connectivity index (χ3v) is 2.73. The molecule has 0 amide bonds. The average Bonchev–Trinajstić information content (AvgIpc) is 2.18. The molecule has 13 heavy (non-hydrogen) atoms. The second-order valence-electron chi connectivity index (χ2n) is 2.81. The van der Waals surface area contributed by atoms with E-state index in [9.17, 15) is 0 Å². The fourth-order valence-electron chi connectivity index (χ4n) is 1.27. The quantitative estimate of drug-likeness (QED) is 0.599. The van der Waals surface area contributed by atoms with Crippen molar-refractivity contribution in [3.05, 3.63) is 42.1 Å². The number of thiol groups is 1. The van der Waals surface area contributed by atoms with E-state index < -0.39 is 0 Å². The lowest BCUT2D eigenvalue weighted by molar-refractivity contribution is 1.31. The zero-order valence-corrected chi connectivity index (χ0v) is 8.68. The zero-order valence-electron chi connectivity index (χ0n) is 6.97. The van der Waals surface area contributed by atoms with Crippen molar-refractivity contribution in [3.8, 4) is 0 Å². The van der Waals surface area contributed by atoms with Gasteiger partial charge in [0.2, 0.25) is 0 Å². The number of hydrogen-bond acceptors (Lipinski definition) is 3. The molecule has 0 aliphatic heterocycles. The molecule has 0 N–H and O–H groups in total. The molecule has 2 rings (SSSR count). The van der Waals surface area contributed by atoms with Crippen molar-refractivity contribution in [1.29, 1.82) is 0 Å². The zero-order chi connectivity index (χ0) is 9.10. The van der Waals surface area contributed by atoms with Crippen LogP contribution in [0.25, 0.3) is 10.9 Å². The molecule has 0 aliphatic carbocycles. The van der Waals surface area contributed by atoms with Gasteiger partial charge in [0.15, 0.2) is 0 Å². The van der Waals surface area contributed by atoms with Crippen LogP contribution in [0.5, 0.6) is 0 Å². The van der Waals surface area contributed by atoms with E-state index >= 15 is 0 Å². The highest BCUT2D eigenvalue weighted by Gasteiger charge is 1.95. The first kappa shape index (κ1) is 8.91. The topological polar surface area (TPSA) is 12.9 Å². The van der Waals surface area contributed by atoms with E-state index in [-0.39, 0.29) is 0 Å². The third kappa shape index (κ3) is 1.98. The molecule has 0 bridgehead atoms. The fourth-order valence-corrected chi connectivity index (χ4v) is 2.02. The van der Waals surface area contributed by atoms with E-state index in [0.717, 1.165) is 11.3 Å². The molecule has 2 aromatic rings. The molecule has 3 heteroatoms. The van der Waals surface area contributed by atoms with Crippen molar-refractivity contribution in [3.63, 3.8) is 0 Å². The van der Waals surface area contributed by atoms with Gasteiger partial charge in [-0.1, -0.05) is 29.0 Å². The summed E-state index contributed by atoms with van der Waals surface area (Å²) in [5.74, 6) is 0.904. The number of nitrogens with zero attached hydrogens (tertiary/aromatic N) is 1. The lowest BCUT2D eigenvalue weighted by atomic mass is 10.2. The monoisotopic (exact) mass is 207 g/mol. The predicted octanol–water partition coefficient (Wildman–Crippen LogP) is 3.31. The summed E-state index contributed by atoms with van der Waals surface area (Å²) in [4.78, 5) is 4.35. The van der Waals surface area contributed by atoms with Gasteiger partial charge in [0.05, 0.1) is 5.52 Å². The largest absolute Gasteiger partial charge is 0.256 e. The Hall–Kier alpha value is -0.670. The van der Waals surface area contributed by atoms with E-state index in [0.29, 0.717) is 0 Å². The van der Waals surface area contributed by atoms with Crippen molar-refractivity contribution in [1.82, 2.24) is 4.98 Å². The van der Waals surface area contributed by atoms with Gasteiger partial charge >= 0.3 is 0 Å². The van der Waals surface area contributed by atoms with Crippen LogP contribution in [0, 0.1) is 0 Å². The number of pyridine rings is 1. The van der Waals surface area contributed by atoms with Crippen molar-refractivity contribution < 1.29 is 0 Å². The highest BCUT2D eigenvalue weighted by Crippen LogP contribution is 2.18. The van der Waals surface area contributed by atoms with Crippen molar-refractivity contribution in [2.75, 3.05) is 0 Å². The van der Waals surface area contributed by atoms with Crippen LogP contribution in [0.15, 0.2) is 36.5 Å². The molecule has 0 radical (unpaired) electrons. The molecule has 1 aromatic carbocycles. The van der Waals surface area contributed by atoms with Crippen LogP contribution >= 0.6 is 22.5 Å². The molecule has 0 saturated carbocycles. The van der Waals surface area contributed by atoms with Crippen LogP contribution in [0.2, 0.25) is 0 Å². The second-order valence-corrected chi connectivity index (χ2v) is 4.13. The van der Waals surface area contributed by atoms with E-state index in [4.69, 9.17) is 0 Å². The Bertz CT molecular complexity index is 414. The van der Waals surface area contributed by atoms with Gasteiger partial charge < -0.3 is 0 Å². The minimum atomic E-state index is 0.904. The molecule has 1 nitrogen and oxygen atoms in total. The molecule has 1 heterocycles. The Labute approximate surface area is 86.4 Å². The van der Waals surface area contributed by atoms with E-state index in [2.05, 4.69) is 28.8 Å². The van der Waals surface area contributed by atoms with Crippen molar-refractivity contribution >= 4 is 33.4 Å². The van der Waals surface area contributed by atoms with Crippen molar-refractivity contribution in [2.24, 2.45) is 0 Å². The van der Waals surface area contributed by atoms with Gasteiger partial charge in [0.25, 0.3) is 0 Å². The number of fused-ring (bicyclic) bond motifs is 1. The van der Waals surface area contributed by atoms with Gasteiger partial charge in [-0.05, 0) is 17.7 Å². The van der Waals surface area contributed by atoms with E-state index in [1.807, 2.05) is 24.4 Å². The van der Waals surface area contributed by atoms with Crippen LogP contribution < -0.4 is 0 Å². The van der Waals surface area contributed by atoms with Gasteiger partial charge in [0, 0.05) is 17.3 Å². The minimum absolute atomic E-state index is 0.904. The molecule has 0 spiro atoms. The summed E-state index contributed by atoms with van der Waals surface area (Å²) in [6, 6.07) is 10.3. The maximum absolute atomic E-state index is 4.35. The summed E-state index contributed by atoms with van der Waals surface area (Å²) in [5, 5.41) is 1.20. The van der Waals surface area contributed by atoms with Crippen molar-refractivity contribution in [2.45, 2.75) is 5.75 Å². The second kappa shape index (κ2) is 4.03. The smallest absolute Gasteiger partial charge is 0.0702 e. The molecular weight excluding hydrogens is 198 g/mol. The van der Waals surface area contributed by atoms with E-state index in [1.165, 1.54) is 21.7 Å². The number of aromatic nitrogens is 1. The maximum Gasteiger partial charge on any atom is 0.0702 e. The number of hydrogen-bond donors (Lipinski definition) is 1. The molecule has 0 fully saturated rings. The summed E-state index contributed by atoms with van der Waals surface area (Å²) in [7, 11) is 1.52. The first-order chi connectivity index (χ1) is 6.40. The fraction of sp³-hybridized carbons (Fsp3) is 0.100. The molecule has 1 aromatic heterocycles. The first-order valence-electron chi connectivity index (χ1n) is 4.00. The minimum Gasteiger partial charge on any atom is -0.256 e. The van der Waals surface area contributed by atoms with E-state index in [1.54, 1.807) is 0 Å². The SMILES string of the molecule is SSCc1cnc2ccccc2c1. The Balaban J connectivity index is 2.49. The number of rotatable bonds is 2. The summed E-state index contributed by atoms with van der Waals surface area (Å²) < 4.78 is 0. The van der Waals surface area contributed by atoms with Crippen LogP contribution in [0.1, 0.15) is 5.56 Å². The molecule has 66 valence electrons. The first-order valence-corrected chi connectivity index (χ1v) is 6.04. The normalized spacial score (nSPS) is 10.5. The van der Waals surface area contributed by atoms with Gasteiger partial charge in [-0.3, -0.25) is 4.98 Å². The van der Waals surface area contributed by atoms with Gasteiger partial charge in [-0.15, -0.1) is 11.7 Å². The van der Waals surface area contributed by atoms with Crippen LogP contribution in [0.4, 0.5) is 0 Å². The van der Waals surface area contributed by atoms with Gasteiger partial charge in [-0.25, -0.2) is 0 Å².